The SMILES string of the molecule is Cc1ccn(C(C)C(=O)Nc2nc(C)c(C)s2)n1. The first kappa shape index (κ1) is 12.8. The molecule has 0 aromatic carbocycles. The molecule has 0 spiro atoms. The standard InChI is InChI=1S/C12H16N4OS/c1-7-5-6-16(15-7)9(3)11(17)14-12-13-8(2)10(4)18-12/h5-6,9H,1-4H3,(H,13,14,17). The van der Waals surface area contributed by atoms with Crippen LogP contribution in [0.4, 0.5) is 5.13 Å². The molecule has 0 saturated heterocycles. The maximum atomic E-state index is 12.0. The van der Waals surface area contributed by atoms with E-state index in [0.717, 1.165) is 16.3 Å². The third-order valence-corrected chi connectivity index (χ3v) is 3.76. The zero-order valence-electron chi connectivity index (χ0n) is 10.9. The van der Waals surface area contributed by atoms with Crippen LogP contribution in [-0.4, -0.2) is 20.7 Å². The van der Waals surface area contributed by atoms with Crippen LogP contribution in [0.2, 0.25) is 0 Å². The molecule has 5 nitrogen and oxygen atoms in total. The van der Waals surface area contributed by atoms with Gasteiger partial charge in [0.2, 0.25) is 0 Å². The monoisotopic (exact) mass is 264 g/mol. The second-order valence-electron chi connectivity index (χ2n) is 4.26. The Morgan fingerprint density at radius 3 is 2.67 bits per heavy atom. The zero-order chi connectivity index (χ0) is 13.3. The molecule has 2 aromatic rings. The van der Waals surface area contributed by atoms with E-state index in [0.29, 0.717) is 5.13 Å². The van der Waals surface area contributed by atoms with Crippen molar-refractivity contribution in [2.24, 2.45) is 0 Å². The van der Waals surface area contributed by atoms with Gasteiger partial charge in [0.25, 0.3) is 5.91 Å². The third kappa shape index (κ3) is 2.59. The average Bonchev–Trinajstić information content (AvgIpc) is 2.85. The molecule has 1 atom stereocenters. The lowest BCUT2D eigenvalue weighted by molar-refractivity contribution is -0.119. The number of nitrogens with zero attached hydrogens (tertiary/aromatic N) is 3. The number of nitrogens with one attached hydrogen (secondary N) is 1. The quantitative estimate of drug-likeness (QED) is 0.926. The first-order chi connectivity index (χ1) is 8.47. The number of hydrogen-bond donors (Lipinski definition) is 1. The normalized spacial score (nSPS) is 12.4. The first-order valence-electron chi connectivity index (χ1n) is 5.74. The number of carbonyl (C=O) groups excluding carboxylic acids is 1. The van der Waals surface area contributed by atoms with E-state index in [2.05, 4.69) is 15.4 Å². The number of thiazole rings is 1. The molecular weight excluding hydrogens is 248 g/mol. The Labute approximate surface area is 110 Å². The van der Waals surface area contributed by atoms with Gasteiger partial charge in [0, 0.05) is 11.1 Å². The highest BCUT2D eigenvalue weighted by molar-refractivity contribution is 7.15. The topological polar surface area (TPSA) is 59.8 Å². The Bertz CT molecular complexity index is 553. The molecule has 0 bridgehead atoms. The van der Waals surface area contributed by atoms with Crippen LogP contribution in [-0.2, 0) is 4.79 Å². The molecule has 0 aliphatic rings. The summed E-state index contributed by atoms with van der Waals surface area (Å²) in [6, 6.07) is 1.53. The largest absolute Gasteiger partial charge is 0.300 e. The lowest BCUT2D eigenvalue weighted by Crippen LogP contribution is -2.24. The summed E-state index contributed by atoms with van der Waals surface area (Å²) in [5.74, 6) is -0.105. The highest BCUT2D eigenvalue weighted by Crippen LogP contribution is 2.22. The van der Waals surface area contributed by atoms with Crippen LogP contribution >= 0.6 is 11.3 Å². The fraction of sp³-hybridized carbons (Fsp3) is 0.417. The van der Waals surface area contributed by atoms with E-state index in [9.17, 15) is 4.79 Å². The van der Waals surface area contributed by atoms with Gasteiger partial charge in [-0.25, -0.2) is 4.98 Å². The van der Waals surface area contributed by atoms with Gasteiger partial charge in [-0.2, -0.15) is 5.10 Å². The third-order valence-electron chi connectivity index (χ3n) is 2.78. The zero-order valence-corrected chi connectivity index (χ0v) is 11.7. The first-order valence-corrected chi connectivity index (χ1v) is 6.55. The van der Waals surface area contributed by atoms with Gasteiger partial charge in [-0.15, -0.1) is 11.3 Å². The Hall–Kier alpha value is -1.69. The van der Waals surface area contributed by atoms with E-state index < -0.39 is 0 Å². The number of hydrogen-bond acceptors (Lipinski definition) is 4. The molecule has 0 radical (unpaired) electrons. The van der Waals surface area contributed by atoms with Gasteiger partial charge < -0.3 is 5.32 Å². The molecule has 2 rings (SSSR count). The highest BCUT2D eigenvalue weighted by Gasteiger charge is 2.17. The number of rotatable bonds is 3. The molecule has 0 saturated carbocycles. The maximum Gasteiger partial charge on any atom is 0.250 e. The Kier molecular flexibility index (Phi) is 3.47. The van der Waals surface area contributed by atoms with Gasteiger partial charge in [-0.1, -0.05) is 0 Å². The molecule has 6 heteroatoms. The summed E-state index contributed by atoms with van der Waals surface area (Å²) in [7, 11) is 0. The minimum absolute atomic E-state index is 0.105. The van der Waals surface area contributed by atoms with Gasteiger partial charge >= 0.3 is 0 Å². The van der Waals surface area contributed by atoms with Gasteiger partial charge in [0.1, 0.15) is 6.04 Å². The van der Waals surface area contributed by atoms with Crippen molar-refractivity contribution in [1.82, 2.24) is 14.8 Å². The van der Waals surface area contributed by atoms with Crippen molar-refractivity contribution in [2.75, 3.05) is 5.32 Å². The number of aromatic nitrogens is 3. The second-order valence-corrected chi connectivity index (χ2v) is 5.47. The minimum atomic E-state index is -0.344. The minimum Gasteiger partial charge on any atom is -0.300 e. The highest BCUT2D eigenvalue weighted by atomic mass is 32.1. The number of amides is 1. The molecule has 1 amide bonds. The summed E-state index contributed by atoms with van der Waals surface area (Å²) in [5.41, 5.74) is 1.86. The Balaban J connectivity index is 2.08. The Morgan fingerprint density at radius 2 is 2.17 bits per heavy atom. The molecule has 0 aliphatic heterocycles. The summed E-state index contributed by atoms with van der Waals surface area (Å²) in [4.78, 5) is 17.4. The van der Waals surface area contributed by atoms with E-state index in [4.69, 9.17) is 0 Å². The summed E-state index contributed by atoms with van der Waals surface area (Å²) in [6.45, 7) is 7.63. The molecule has 18 heavy (non-hydrogen) atoms. The average molecular weight is 264 g/mol. The molecule has 0 fully saturated rings. The molecule has 96 valence electrons. The predicted octanol–water partition coefficient (Wildman–Crippen LogP) is 2.46. The van der Waals surface area contributed by atoms with E-state index >= 15 is 0 Å². The van der Waals surface area contributed by atoms with Crippen molar-refractivity contribution in [2.45, 2.75) is 33.7 Å². The number of anilines is 1. The number of aryl methyl sites for hydroxylation is 3. The van der Waals surface area contributed by atoms with E-state index in [1.54, 1.807) is 10.9 Å². The van der Waals surface area contributed by atoms with Crippen molar-refractivity contribution < 1.29 is 4.79 Å². The molecular formula is C12H16N4OS. The second kappa shape index (κ2) is 4.89. The van der Waals surface area contributed by atoms with Crippen LogP contribution in [0.15, 0.2) is 12.3 Å². The van der Waals surface area contributed by atoms with E-state index in [1.807, 2.05) is 33.8 Å². The molecule has 0 aliphatic carbocycles. The molecule has 2 heterocycles. The predicted molar refractivity (Wildman–Crippen MR) is 71.9 cm³/mol. The summed E-state index contributed by atoms with van der Waals surface area (Å²) < 4.78 is 1.65. The van der Waals surface area contributed by atoms with Crippen molar-refractivity contribution in [1.29, 1.82) is 0 Å². The summed E-state index contributed by atoms with van der Waals surface area (Å²) in [5, 5.41) is 7.70. The summed E-state index contributed by atoms with van der Waals surface area (Å²) in [6.07, 6.45) is 1.80. The lowest BCUT2D eigenvalue weighted by atomic mass is 10.3. The van der Waals surface area contributed by atoms with Crippen molar-refractivity contribution in [3.63, 3.8) is 0 Å². The molecule has 2 aromatic heterocycles. The van der Waals surface area contributed by atoms with Crippen molar-refractivity contribution >= 4 is 22.4 Å². The van der Waals surface area contributed by atoms with Crippen LogP contribution in [0.25, 0.3) is 0 Å². The lowest BCUT2D eigenvalue weighted by Gasteiger charge is -2.10. The van der Waals surface area contributed by atoms with Gasteiger partial charge in [0.05, 0.1) is 11.4 Å². The van der Waals surface area contributed by atoms with Crippen molar-refractivity contribution in [3.05, 3.63) is 28.5 Å². The van der Waals surface area contributed by atoms with Crippen LogP contribution < -0.4 is 5.32 Å². The van der Waals surface area contributed by atoms with Crippen LogP contribution in [0.3, 0.4) is 0 Å². The fourth-order valence-electron chi connectivity index (χ4n) is 1.50. The Morgan fingerprint density at radius 1 is 1.44 bits per heavy atom. The van der Waals surface area contributed by atoms with Gasteiger partial charge in [-0.3, -0.25) is 9.48 Å². The van der Waals surface area contributed by atoms with Crippen molar-refractivity contribution in [3.8, 4) is 0 Å². The maximum absolute atomic E-state index is 12.0. The smallest absolute Gasteiger partial charge is 0.250 e. The van der Waals surface area contributed by atoms with Crippen LogP contribution in [0.5, 0.6) is 0 Å². The fourth-order valence-corrected chi connectivity index (χ4v) is 2.32. The van der Waals surface area contributed by atoms with E-state index in [-0.39, 0.29) is 11.9 Å². The number of carbonyl (C=O) groups is 1. The molecule has 1 N–H and O–H groups in total. The van der Waals surface area contributed by atoms with Gasteiger partial charge in [-0.05, 0) is 33.8 Å². The van der Waals surface area contributed by atoms with Crippen LogP contribution in [0, 0.1) is 20.8 Å². The van der Waals surface area contributed by atoms with E-state index in [1.165, 1.54) is 11.3 Å². The molecule has 1 unspecified atom stereocenters. The van der Waals surface area contributed by atoms with Crippen LogP contribution in [0.1, 0.15) is 29.2 Å². The summed E-state index contributed by atoms with van der Waals surface area (Å²) >= 11 is 1.49. The van der Waals surface area contributed by atoms with Gasteiger partial charge in [0.15, 0.2) is 5.13 Å².